The summed E-state index contributed by atoms with van der Waals surface area (Å²) in [6, 6.07) is 8.02. The van der Waals surface area contributed by atoms with Crippen LogP contribution < -0.4 is 0 Å². The summed E-state index contributed by atoms with van der Waals surface area (Å²) in [5.41, 5.74) is 2.24. The van der Waals surface area contributed by atoms with Gasteiger partial charge in [-0.25, -0.2) is 4.98 Å². The highest BCUT2D eigenvalue weighted by molar-refractivity contribution is 5.83. The summed E-state index contributed by atoms with van der Waals surface area (Å²) in [6.45, 7) is 7.16. The molecule has 140 valence electrons. The van der Waals surface area contributed by atoms with Gasteiger partial charge in [0.1, 0.15) is 18.7 Å². The summed E-state index contributed by atoms with van der Waals surface area (Å²) in [4.78, 5) is 23.5. The van der Waals surface area contributed by atoms with E-state index < -0.39 is 0 Å². The number of aryl methyl sites for hydroxylation is 1. The predicted octanol–water partition coefficient (Wildman–Crippen LogP) is 1.03. The van der Waals surface area contributed by atoms with Crippen LogP contribution in [0, 0.1) is 6.92 Å². The van der Waals surface area contributed by atoms with Gasteiger partial charge in [-0.3, -0.25) is 19.3 Å². The van der Waals surface area contributed by atoms with Crippen LogP contribution in [0.25, 0.3) is 0 Å². The van der Waals surface area contributed by atoms with Gasteiger partial charge >= 0.3 is 0 Å². The monoisotopic (exact) mass is 356 g/mol. The van der Waals surface area contributed by atoms with Gasteiger partial charge in [-0.1, -0.05) is 29.8 Å². The van der Waals surface area contributed by atoms with Crippen molar-refractivity contribution in [3.05, 3.63) is 48.0 Å². The lowest BCUT2D eigenvalue weighted by molar-refractivity contribution is -0.138. The van der Waals surface area contributed by atoms with Crippen LogP contribution in [0.1, 0.15) is 17.2 Å². The molecule has 1 atom stereocenters. The minimum Gasteiger partial charge on any atom is -0.338 e. The highest BCUT2D eigenvalue weighted by Crippen LogP contribution is 2.22. The van der Waals surface area contributed by atoms with Crippen molar-refractivity contribution in [1.82, 2.24) is 29.5 Å². The zero-order valence-corrected chi connectivity index (χ0v) is 15.9. The van der Waals surface area contributed by atoms with E-state index in [9.17, 15) is 4.79 Å². The standard InChI is InChI=1S/C19H28N6O/c1-16-5-4-6-17(13-16)18(22(2)3)19(26)24-10-7-23(8-11-24)9-12-25-15-20-14-21-25/h4-6,13-15,18H,7-12H2,1-3H3/t18-/m0/s1. The van der Waals surface area contributed by atoms with Gasteiger partial charge in [-0.05, 0) is 26.6 Å². The number of hydrogen-bond donors (Lipinski definition) is 0. The molecule has 0 spiro atoms. The first kappa shape index (κ1) is 18.5. The van der Waals surface area contributed by atoms with Crippen molar-refractivity contribution in [3.8, 4) is 0 Å². The molecule has 26 heavy (non-hydrogen) atoms. The third-order valence-corrected chi connectivity index (χ3v) is 4.90. The highest BCUT2D eigenvalue weighted by atomic mass is 16.2. The summed E-state index contributed by atoms with van der Waals surface area (Å²) in [7, 11) is 3.94. The van der Waals surface area contributed by atoms with Crippen LogP contribution in [0.2, 0.25) is 0 Å². The molecule has 1 aromatic heterocycles. The molecule has 3 rings (SSSR count). The van der Waals surface area contributed by atoms with E-state index in [1.54, 1.807) is 12.7 Å². The second kappa shape index (κ2) is 8.42. The maximum atomic E-state index is 13.1. The van der Waals surface area contributed by atoms with Crippen LogP contribution in [0.4, 0.5) is 0 Å². The Bertz CT molecular complexity index is 707. The van der Waals surface area contributed by atoms with Crippen LogP contribution >= 0.6 is 0 Å². The molecule has 7 heteroatoms. The number of carbonyl (C=O) groups is 1. The smallest absolute Gasteiger partial charge is 0.244 e. The molecule has 1 aromatic carbocycles. The van der Waals surface area contributed by atoms with Crippen LogP contribution in [0.5, 0.6) is 0 Å². The fourth-order valence-electron chi connectivity index (χ4n) is 3.46. The Hall–Kier alpha value is -2.25. The van der Waals surface area contributed by atoms with Crippen molar-refractivity contribution in [2.24, 2.45) is 0 Å². The van der Waals surface area contributed by atoms with E-state index in [1.807, 2.05) is 40.7 Å². The van der Waals surface area contributed by atoms with Crippen molar-refractivity contribution in [2.75, 3.05) is 46.8 Å². The number of hydrogen-bond acceptors (Lipinski definition) is 5. The molecule has 1 aliphatic rings. The molecule has 1 aliphatic heterocycles. The Morgan fingerprint density at radius 2 is 1.96 bits per heavy atom. The minimum atomic E-state index is -0.225. The maximum Gasteiger partial charge on any atom is 0.244 e. The Morgan fingerprint density at radius 3 is 2.58 bits per heavy atom. The third-order valence-electron chi connectivity index (χ3n) is 4.90. The molecule has 1 amide bonds. The molecule has 0 unspecified atom stereocenters. The second-order valence-electron chi connectivity index (χ2n) is 7.11. The Balaban J connectivity index is 1.57. The van der Waals surface area contributed by atoms with Gasteiger partial charge in [0, 0.05) is 32.7 Å². The molecule has 7 nitrogen and oxygen atoms in total. The lowest BCUT2D eigenvalue weighted by atomic mass is 10.0. The van der Waals surface area contributed by atoms with Gasteiger partial charge in [0.05, 0.1) is 6.54 Å². The topological polar surface area (TPSA) is 57.5 Å². The predicted molar refractivity (Wildman–Crippen MR) is 101 cm³/mol. The number of piperazine rings is 1. The maximum absolute atomic E-state index is 13.1. The van der Waals surface area contributed by atoms with Crippen molar-refractivity contribution in [2.45, 2.75) is 19.5 Å². The first-order valence-electron chi connectivity index (χ1n) is 9.11. The van der Waals surface area contributed by atoms with Gasteiger partial charge in [0.15, 0.2) is 0 Å². The average molecular weight is 356 g/mol. The Labute approximate surface area is 155 Å². The summed E-state index contributed by atoms with van der Waals surface area (Å²) in [5.74, 6) is 0.191. The minimum absolute atomic E-state index is 0.191. The molecule has 0 radical (unpaired) electrons. The number of aromatic nitrogens is 3. The van der Waals surface area contributed by atoms with Crippen LogP contribution in [0.3, 0.4) is 0 Å². The van der Waals surface area contributed by atoms with E-state index in [2.05, 4.69) is 34.0 Å². The highest BCUT2D eigenvalue weighted by Gasteiger charge is 2.30. The number of carbonyl (C=O) groups excluding carboxylic acids is 1. The molecule has 2 aromatic rings. The number of rotatable bonds is 6. The van der Waals surface area contributed by atoms with Gasteiger partial charge < -0.3 is 4.90 Å². The fraction of sp³-hybridized carbons (Fsp3) is 0.526. The summed E-state index contributed by atoms with van der Waals surface area (Å²) >= 11 is 0. The van der Waals surface area contributed by atoms with E-state index in [1.165, 1.54) is 5.56 Å². The normalized spacial score (nSPS) is 16.8. The molecule has 1 fully saturated rings. The number of likely N-dealkylation sites (N-methyl/N-ethyl adjacent to an activating group) is 1. The van der Waals surface area contributed by atoms with Crippen LogP contribution in [-0.4, -0.2) is 82.2 Å². The average Bonchev–Trinajstić information content (AvgIpc) is 3.14. The molecule has 0 N–H and O–H groups in total. The number of benzene rings is 1. The van der Waals surface area contributed by atoms with Crippen LogP contribution in [-0.2, 0) is 11.3 Å². The summed E-state index contributed by atoms with van der Waals surface area (Å²) in [5, 5.41) is 4.14. The van der Waals surface area contributed by atoms with Crippen molar-refractivity contribution in [3.63, 3.8) is 0 Å². The van der Waals surface area contributed by atoms with Crippen molar-refractivity contribution >= 4 is 5.91 Å². The lowest BCUT2D eigenvalue weighted by Gasteiger charge is -2.37. The summed E-state index contributed by atoms with van der Waals surface area (Å²) < 4.78 is 1.84. The largest absolute Gasteiger partial charge is 0.338 e. The molecular weight excluding hydrogens is 328 g/mol. The second-order valence-corrected chi connectivity index (χ2v) is 7.11. The Kier molecular flexibility index (Phi) is 6.00. The molecular formula is C19H28N6O. The SMILES string of the molecule is Cc1cccc([C@@H](C(=O)N2CCN(CCn3cncn3)CC2)N(C)C)c1. The zero-order valence-electron chi connectivity index (χ0n) is 15.9. The lowest BCUT2D eigenvalue weighted by Crippen LogP contribution is -2.51. The number of amides is 1. The Morgan fingerprint density at radius 1 is 1.19 bits per heavy atom. The van der Waals surface area contributed by atoms with Gasteiger partial charge in [-0.2, -0.15) is 5.10 Å². The van der Waals surface area contributed by atoms with E-state index in [-0.39, 0.29) is 11.9 Å². The molecule has 0 saturated carbocycles. The quantitative estimate of drug-likeness (QED) is 0.774. The molecule has 0 bridgehead atoms. The molecule has 1 saturated heterocycles. The van der Waals surface area contributed by atoms with E-state index in [0.29, 0.717) is 0 Å². The van der Waals surface area contributed by atoms with E-state index in [4.69, 9.17) is 0 Å². The summed E-state index contributed by atoms with van der Waals surface area (Å²) in [6.07, 6.45) is 3.30. The first-order chi connectivity index (χ1) is 12.5. The van der Waals surface area contributed by atoms with Crippen molar-refractivity contribution in [1.29, 1.82) is 0 Å². The van der Waals surface area contributed by atoms with E-state index >= 15 is 0 Å². The molecule has 2 heterocycles. The first-order valence-corrected chi connectivity index (χ1v) is 9.11. The van der Waals surface area contributed by atoms with Gasteiger partial charge in [-0.15, -0.1) is 0 Å². The molecule has 0 aliphatic carbocycles. The van der Waals surface area contributed by atoms with Crippen LogP contribution in [0.15, 0.2) is 36.9 Å². The van der Waals surface area contributed by atoms with Gasteiger partial charge in [0.2, 0.25) is 5.91 Å². The third kappa shape index (κ3) is 4.47. The fourth-order valence-corrected chi connectivity index (χ4v) is 3.46. The van der Waals surface area contributed by atoms with Gasteiger partial charge in [0.25, 0.3) is 0 Å². The van der Waals surface area contributed by atoms with E-state index in [0.717, 1.165) is 44.8 Å². The number of nitrogens with zero attached hydrogens (tertiary/aromatic N) is 6. The van der Waals surface area contributed by atoms with Crippen molar-refractivity contribution < 1.29 is 4.79 Å². The zero-order chi connectivity index (χ0) is 18.5.